The van der Waals surface area contributed by atoms with Crippen LogP contribution in [0.5, 0.6) is 0 Å². The fourth-order valence-corrected chi connectivity index (χ4v) is 1.99. The number of benzene rings is 2. The summed E-state index contributed by atoms with van der Waals surface area (Å²) in [5, 5.41) is 12.7. The molecule has 0 aliphatic rings. The lowest BCUT2D eigenvalue weighted by molar-refractivity contribution is 0.102. The summed E-state index contributed by atoms with van der Waals surface area (Å²) in [5.74, 6) is -1.43. The summed E-state index contributed by atoms with van der Waals surface area (Å²) in [5.41, 5.74) is 0.169. The van der Waals surface area contributed by atoms with Gasteiger partial charge in [-0.05, 0) is 36.4 Å². The number of rotatable bonds is 4. The van der Waals surface area contributed by atoms with Gasteiger partial charge in [-0.2, -0.15) is 0 Å². The molecule has 0 aliphatic heterocycles. The summed E-state index contributed by atoms with van der Waals surface area (Å²) >= 11 is 0. The molecule has 0 aliphatic carbocycles. The van der Waals surface area contributed by atoms with E-state index in [4.69, 9.17) is 0 Å². The van der Waals surface area contributed by atoms with E-state index in [1.165, 1.54) is 18.2 Å². The molecule has 0 unspecified atom stereocenters. The van der Waals surface area contributed by atoms with Gasteiger partial charge in [0.05, 0.1) is 0 Å². The third-order valence-electron chi connectivity index (χ3n) is 3.16. The molecule has 0 atom stereocenters. The largest absolute Gasteiger partial charge is 0.334 e. The molecule has 2 aromatic carbocycles. The van der Waals surface area contributed by atoms with Crippen molar-refractivity contribution in [3.63, 3.8) is 0 Å². The summed E-state index contributed by atoms with van der Waals surface area (Å²) in [7, 11) is 0. The maximum Gasteiger partial charge on any atom is 0.256 e. The van der Waals surface area contributed by atoms with E-state index in [1.54, 1.807) is 30.3 Å². The van der Waals surface area contributed by atoms with Gasteiger partial charge in [-0.15, -0.1) is 10.2 Å². The van der Waals surface area contributed by atoms with Gasteiger partial charge in [0, 0.05) is 5.56 Å². The van der Waals surface area contributed by atoms with Crippen LogP contribution in [0, 0.1) is 11.6 Å². The van der Waals surface area contributed by atoms with Crippen LogP contribution >= 0.6 is 0 Å². The van der Waals surface area contributed by atoms with Crippen LogP contribution < -0.4 is 10.6 Å². The highest BCUT2D eigenvalue weighted by atomic mass is 19.1. The number of carbonyl (C=O) groups excluding carboxylic acids is 1. The van der Waals surface area contributed by atoms with Crippen molar-refractivity contribution in [3.8, 4) is 0 Å². The molecule has 3 aromatic rings. The predicted molar refractivity (Wildman–Crippen MR) is 86.1 cm³/mol. The highest BCUT2D eigenvalue weighted by molar-refractivity contribution is 6.03. The molecule has 5 nitrogen and oxygen atoms in total. The van der Waals surface area contributed by atoms with Gasteiger partial charge in [0.1, 0.15) is 17.3 Å². The molecule has 24 heavy (non-hydrogen) atoms. The van der Waals surface area contributed by atoms with E-state index in [-0.39, 0.29) is 23.2 Å². The van der Waals surface area contributed by atoms with Gasteiger partial charge in [-0.25, -0.2) is 8.78 Å². The number of hydrogen-bond acceptors (Lipinski definition) is 4. The van der Waals surface area contributed by atoms with Gasteiger partial charge in [0.15, 0.2) is 11.6 Å². The summed E-state index contributed by atoms with van der Waals surface area (Å²) < 4.78 is 27.1. The van der Waals surface area contributed by atoms with Crippen molar-refractivity contribution in [3.05, 3.63) is 77.9 Å². The third kappa shape index (κ3) is 3.52. The number of carbonyl (C=O) groups is 1. The number of nitrogens with zero attached hydrogens (tertiary/aromatic N) is 2. The molecule has 0 saturated heterocycles. The normalized spacial score (nSPS) is 10.2. The summed E-state index contributed by atoms with van der Waals surface area (Å²) in [6, 6.07) is 15.1. The zero-order chi connectivity index (χ0) is 16.9. The Morgan fingerprint density at radius 3 is 2.04 bits per heavy atom. The molecular formula is C17H12F2N4O. The Morgan fingerprint density at radius 1 is 0.792 bits per heavy atom. The zero-order valence-corrected chi connectivity index (χ0v) is 12.3. The molecule has 0 saturated carbocycles. The molecule has 0 spiro atoms. The minimum atomic E-state index is -0.738. The van der Waals surface area contributed by atoms with E-state index in [0.717, 1.165) is 12.1 Å². The van der Waals surface area contributed by atoms with E-state index in [0.29, 0.717) is 5.56 Å². The SMILES string of the molecule is O=C(Nc1ccc(Nc2c(F)cccc2F)nn1)c1ccccc1. The second-order valence-electron chi connectivity index (χ2n) is 4.85. The van der Waals surface area contributed by atoms with Crippen molar-refractivity contribution >= 4 is 23.2 Å². The smallest absolute Gasteiger partial charge is 0.256 e. The van der Waals surface area contributed by atoms with E-state index in [1.807, 2.05) is 0 Å². The van der Waals surface area contributed by atoms with Gasteiger partial charge in [0.25, 0.3) is 5.91 Å². The monoisotopic (exact) mass is 326 g/mol. The number of anilines is 3. The molecule has 7 heteroatoms. The van der Waals surface area contributed by atoms with Crippen molar-refractivity contribution in [2.24, 2.45) is 0 Å². The van der Waals surface area contributed by atoms with Crippen LogP contribution in [0.3, 0.4) is 0 Å². The lowest BCUT2D eigenvalue weighted by atomic mass is 10.2. The fourth-order valence-electron chi connectivity index (χ4n) is 1.99. The first-order chi connectivity index (χ1) is 11.6. The minimum Gasteiger partial charge on any atom is -0.334 e. The quantitative estimate of drug-likeness (QED) is 0.766. The number of para-hydroxylation sites is 1. The van der Waals surface area contributed by atoms with E-state index in [9.17, 15) is 13.6 Å². The second kappa shape index (κ2) is 6.82. The van der Waals surface area contributed by atoms with E-state index >= 15 is 0 Å². The Balaban J connectivity index is 1.71. The molecule has 120 valence electrons. The highest BCUT2D eigenvalue weighted by Crippen LogP contribution is 2.22. The Hall–Kier alpha value is -3.35. The average Bonchev–Trinajstić information content (AvgIpc) is 2.60. The summed E-state index contributed by atoms with van der Waals surface area (Å²) in [4.78, 5) is 12.0. The molecule has 1 heterocycles. The van der Waals surface area contributed by atoms with Gasteiger partial charge in [-0.3, -0.25) is 4.79 Å². The van der Waals surface area contributed by atoms with Crippen molar-refractivity contribution in [1.82, 2.24) is 10.2 Å². The number of halogens is 2. The third-order valence-corrected chi connectivity index (χ3v) is 3.16. The molecule has 0 bridgehead atoms. The first kappa shape index (κ1) is 15.5. The van der Waals surface area contributed by atoms with Crippen LogP contribution in [-0.4, -0.2) is 16.1 Å². The zero-order valence-electron chi connectivity index (χ0n) is 12.3. The maximum atomic E-state index is 13.6. The Morgan fingerprint density at radius 2 is 1.42 bits per heavy atom. The molecule has 2 N–H and O–H groups in total. The van der Waals surface area contributed by atoms with Crippen LogP contribution in [0.2, 0.25) is 0 Å². The molecule has 0 fully saturated rings. The predicted octanol–water partition coefficient (Wildman–Crippen LogP) is 3.75. The average molecular weight is 326 g/mol. The van der Waals surface area contributed by atoms with Crippen LogP contribution in [0.4, 0.5) is 26.1 Å². The number of amides is 1. The van der Waals surface area contributed by atoms with Crippen molar-refractivity contribution in [2.45, 2.75) is 0 Å². The molecule has 0 radical (unpaired) electrons. The molecule has 1 aromatic heterocycles. The van der Waals surface area contributed by atoms with Crippen molar-refractivity contribution in [2.75, 3.05) is 10.6 Å². The van der Waals surface area contributed by atoms with Gasteiger partial charge in [0.2, 0.25) is 0 Å². The van der Waals surface area contributed by atoms with Crippen LogP contribution in [0.1, 0.15) is 10.4 Å². The number of aromatic nitrogens is 2. The first-order valence-electron chi connectivity index (χ1n) is 7.04. The number of nitrogens with one attached hydrogen (secondary N) is 2. The Labute approximate surface area is 136 Å². The van der Waals surface area contributed by atoms with Crippen LogP contribution in [-0.2, 0) is 0 Å². The lowest BCUT2D eigenvalue weighted by Gasteiger charge is -2.08. The van der Waals surface area contributed by atoms with Crippen molar-refractivity contribution < 1.29 is 13.6 Å². The van der Waals surface area contributed by atoms with E-state index < -0.39 is 11.6 Å². The van der Waals surface area contributed by atoms with Crippen LogP contribution in [0.25, 0.3) is 0 Å². The first-order valence-corrected chi connectivity index (χ1v) is 7.04. The highest BCUT2D eigenvalue weighted by Gasteiger charge is 2.10. The summed E-state index contributed by atoms with van der Waals surface area (Å²) in [6.45, 7) is 0. The second-order valence-corrected chi connectivity index (χ2v) is 4.85. The topological polar surface area (TPSA) is 66.9 Å². The minimum absolute atomic E-state index is 0.150. The number of hydrogen-bond donors (Lipinski definition) is 2. The molecule has 3 rings (SSSR count). The van der Waals surface area contributed by atoms with Gasteiger partial charge >= 0.3 is 0 Å². The van der Waals surface area contributed by atoms with Gasteiger partial charge < -0.3 is 10.6 Å². The Kier molecular flexibility index (Phi) is 4.42. The van der Waals surface area contributed by atoms with Gasteiger partial charge in [-0.1, -0.05) is 24.3 Å². The van der Waals surface area contributed by atoms with E-state index in [2.05, 4.69) is 20.8 Å². The maximum absolute atomic E-state index is 13.6. The summed E-state index contributed by atoms with van der Waals surface area (Å²) in [6.07, 6.45) is 0. The van der Waals surface area contributed by atoms with Crippen molar-refractivity contribution in [1.29, 1.82) is 0 Å². The molecule has 1 amide bonds. The standard InChI is InChI=1S/C17H12F2N4O/c18-12-7-4-8-13(19)16(12)20-14-9-10-15(23-22-14)21-17(24)11-5-2-1-3-6-11/h1-10H,(H,20,22)(H,21,23,24). The van der Waals surface area contributed by atoms with Crippen LogP contribution in [0.15, 0.2) is 60.7 Å². The molecular weight excluding hydrogens is 314 g/mol. The lowest BCUT2D eigenvalue weighted by Crippen LogP contribution is -2.13. The fraction of sp³-hybridized carbons (Fsp3) is 0. The Bertz CT molecular complexity index is 834.